The van der Waals surface area contributed by atoms with Gasteiger partial charge in [0.2, 0.25) is 0 Å². The van der Waals surface area contributed by atoms with Crippen LogP contribution < -0.4 is 0 Å². The summed E-state index contributed by atoms with van der Waals surface area (Å²) in [5.41, 5.74) is 0. The molecule has 73 heavy (non-hydrogen) atoms. The van der Waals surface area contributed by atoms with Gasteiger partial charge in [-0.1, -0.05) is 251 Å². The minimum atomic E-state index is -1.90. The van der Waals surface area contributed by atoms with Gasteiger partial charge in [-0.25, -0.2) is 4.79 Å². The summed E-state index contributed by atoms with van der Waals surface area (Å²) in [5, 5.41) is 31.5. The maximum atomic E-state index is 13.1. The number of hydrogen-bond acceptors (Lipinski definition) is 11. The molecule has 12 nitrogen and oxygen atoms in total. The van der Waals surface area contributed by atoms with E-state index in [4.69, 9.17) is 23.7 Å². The zero-order valence-electron chi connectivity index (χ0n) is 46.9. The van der Waals surface area contributed by atoms with E-state index in [-0.39, 0.29) is 25.9 Å². The van der Waals surface area contributed by atoms with Crippen LogP contribution in [0.4, 0.5) is 0 Å². The van der Waals surface area contributed by atoms with Gasteiger partial charge >= 0.3 is 23.9 Å². The molecule has 0 saturated carbocycles. The minimum Gasteiger partial charge on any atom is -0.479 e. The number of esters is 3. The lowest BCUT2D eigenvalue weighted by atomic mass is 9.98. The highest BCUT2D eigenvalue weighted by Gasteiger charge is 2.50. The molecule has 1 heterocycles. The van der Waals surface area contributed by atoms with Crippen LogP contribution in [-0.4, -0.2) is 89.2 Å². The Hall–Kier alpha value is -2.80. The number of aliphatic carboxylic acids is 1. The standard InChI is InChI=1S/C61H110O12/c1-4-7-10-13-16-19-22-25-26-27-28-31-32-35-38-41-44-47-53(62)69-50-52(71-54(63)48-45-42-39-36-33-29-23-20-17-14-11-8-5-2)51-70-61-59(57(66)56(65)58(73-61)60(67)68)72-55(64)49-46-43-40-37-34-30-24-21-18-15-12-9-6-3/h11,14,20,23,52,56-59,61,65-66H,4-10,12-13,15-19,21-22,24-51H2,1-3H3,(H,67,68)/b14-11-,23-20-. The second-order valence-electron chi connectivity index (χ2n) is 21.0. The fourth-order valence-corrected chi connectivity index (χ4v) is 9.35. The van der Waals surface area contributed by atoms with Gasteiger partial charge in [0.1, 0.15) is 18.8 Å². The summed E-state index contributed by atoms with van der Waals surface area (Å²) in [6, 6.07) is 0. The van der Waals surface area contributed by atoms with E-state index in [1.807, 2.05) is 0 Å². The number of aliphatic hydroxyl groups is 2. The van der Waals surface area contributed by atoms with Crippen LogP contribution in [0.5, 0.6) is 0 Å². The predicted molar refractivity (Wildman–Crippen MR) is 294 cm³/mol. The number of hydrogen-bond donors (Lipinski definition) is 3. The van der Waals surface area contributed by atoms with Crippen LogP contribution in [0.2, 0.25) is 0 Å². The Labute approximate surface area is 445 Å². The van der Waals surface area contributed by atoms with E-state index in [1.165, 1.54) is 135 Å². The van der Waals surface area contributed by atoms with Crippen LogP contribution in [0.15, 0.2) is 24.3 Å². The van der Waals surface area contributed by atoms with Crippen molar-refractivity contribution in [3.8, 4) is 0 Å². The van der Waals surface area contributed by atoms with Gasteiger partial charge in [-0.15, -0.1) is 0 Å². The first kappa shape index (κ1) is 68.2. The fourth-order valence-electron chi connectivity index (χ4n) is 9.35. The molecule has 0 aromatic rings. The number of unbranched alkanes of at least 4 members (excludes halogenated alkanes) is 34. The maximum absolute atomic E-state index is 13.1. The Morgan fingerprint density at radius 1 is 0.452 bits per heavy atom. The Bertz CT molecular complexity index is 1370. The molecule has 0 bridgehead atoms. The Morgan fingerprint density at radius 2 is 0.849 bits per heavy atom. The monoisotopic (exact) mass is 1030 g/mol. The third-order valence-corrected chi connectivity index (χ3v) is 14.0. The molecule has 426 valence electrons. The highest BCUT2D eigenvalue weighted by atomic mass is 16.7. The van der Waals surface area contributed by atoms with Crippen LogP contribution >= 0.6 is 0 Å². The molecule has 0 aromatic carbocycles. The van der Waals surface area contributed by atoms with Crippen molar-refractivity contribution in [3.05, 3.63) is 24.3 Å². The highest BCUT2D eigenvalue weighted by Crippen LogP contribution is 2.27. The maximum Gasteiger partial charge on any atom is 0.335 e. The van der Waals surface area contributed by atoms with E-state index in [9.17, 15) is 34.5 Å². The van der Waals surface area contributed by atoms with Crippen LogP contribution in [-0.2, 0) is 42.9 Å². The van der Waals surface area contributed by atoms with Crippen molar-refractivity contribution in [3.63, 3.8) is 0 Å². The molecule has 0 aromatic heterocycles. The lowest BCUT2D eigenvalue weighted by molar-refractivity contribution is -0.301. The van der Waals surface area contributed by atoms with Crippen molar-refractivity contribution >= 4 is 23.9 Å². The smallest absolute Gasteiger partial charge is 0.335 e. The van der Waals surface area contributed by atoms with Crippen molar-refractivity contribution in [1.82, 2.24) is 0 Å². The molecular weight excluding hydrogens is 925 g/mol. The topological polar surface area (TPSA) is 175 Å². The zero-order valence-corrected chi connectivity index (χ0v) is 46.9. The summed E-state index contributed by atoms with van der Waals surface area (Å²) in [6.07, 6.45) is 44.3. The molecular formula is C61H110O12. The van der Waals surface area contributed by atoms with Gasteiger partial charge in [-0.2, -0.15) is 0 Å². The second kappa shape index (κ2) is 50.0. The van der Waals surface area contributed by atoms with Gasteiger partial charge in [-0.05, 0) is 44.9 Å². The fraction of sp³-hybridized carbons (Fsp3) is 0.869. The van der Waals surface area contributed by atoms with Gasteiger partial charge in [0.25, 0.3) is 0 Å². The van der Waals surface area contributed by atoms with E-state index < -0.39 is 67.3 Å². The van der Waals surface area contributed by atoms with E-state index >= 15 is 0 Å². The lowest BCUT2D eigenvalue weighted by Gasteiger charge is -2.40. The number of carbonyl (C=O) groups excluding carboxylic acids is 3. The van der Waals surface area contributed by atoms with Crippen LogP contribution in [0.25, 0.3) is 0 Å². The molecule has 1 saturated heterocycles. The number of carboxylic acid groups (broad SMARTS) is 1. The molecule has 0 amide bonds. The second-order valence-corrected chi connectivity index (χ2v) is 21.0. The van der Waals surface area contributed by atoms with Gasteiger partial charge in [0, 0.05) is 19.3 Å². The largest absolute Gasteiger partial charge is 0.479 e. The van der Waals surface area contributed by atoms with Gasteiger partial charge in [0.15, 0.2) is 24.6 Å². The van der Waals surface area contributed by atoms with E-state index in [0.717, 1.165) is 96.3 Å². The van der Waals surface area contributed by atoms with Gasteiger partial charge in [0.05, 0.1) is 6.61 Å². The third-order valence-electron chi connectivity index (χ3n) is 14.0. The molecule has 6 unspecified atom stereocenters. The summed E-state index contributed by atoms with van der Waals surface area (Å²) < 4.78 is 28.4. The number of ether oxygens (including phenoxy) is 5. The first-order chi connectivity index (χ1) is 35.6. The van der Waals surface area contributed by atoms with Crippen molar-refractivity contribution in [2.45, 2.75) is 327 Å². The van der Waals surface area contributed by atoms with E-state index in [0.29, 0.717) is 19.3 Å². The van der Waals surface area contributed by atoms with E-state index in [2.05, 4.69) is 45.1 Å². The molecule has 1 fully saturated rings. The summed E-state index contributed by atoms with van der Waals surface area (Å²) in [4.78, 5) is 51.1. The Morgan fingerprint density at radius 3 is 1.29 bits per heavy atom. The summed E-state index contributed by atoms with van der Waals surface area (Å²) >= 11 is 0. The minimum absolute atomic E-state index is 0.0653. The SMILES string of the molecule is CCC/C=C\C/C=C\CCCCCCCC(=O)OC(COC(=O)CCCCCCCCCCCCCCCCCCC)COC1OC(C(=O)O)C(O)C(O)C1OC(=O)CCCCCCCCCCCCCCC. The van der Waals surface area contributed by atoms with Crippen LogP contribution in [0.1, 0.15) is 290 Å². The van der Waals surface area contributed by atoms with Crippen molar-refractivity contribution in [2.75, 3.05) is 13.2 Å². The number of aliphatic hydroxyl groups excluding tert-OH is 2. The zero-order chi connectivity index (χ0) is 53.3. The van der Waals surface area contributed by atoms with Gasteiger partial charge in [-0.3, -0.25) is 14.4 Å². The Kier molecular flexibility index (Phi) is 46.8. The molecule has 0 aliphatic carbocycles. The number of allylic oxidation sites excluding steroid dienone is 4. The van der Waals surface area contributed by atoms with Crippen LogP contribution in [0.3, 0.4) is 0 Å². The molecule has 12 heteroatoms. The summed E-state index contributed by atoms with van der Waals surface area (Å²) in [6.45, 7) is 5.95. The van der Waals surface area contributed by atoms with Crippen molar-refractivity contribution < 1.29 is 58.2 Å². The number of carbonyl (C=O) groups is 4. The molecule has 0 spiro atoms. The van der Waals surface area contributed by atoms with Crippen molar-refractivity contribution in [1.29, 1.82) is 0 Å². The van der Waals surface area contributed by atoms with Crippen LogP contribution in [0, 0.1) is 0 Å². The normalized spacial score (nSPS) is 18.4. The predicted octanol–water partition coefficient (Wildman–Crippen LogP) is 15.5. The lowest BCUT2D eigenvalue weighted by Crippen LogP contribution is -2.61. The molecule has 1 aliphatic heterocycles. The number of rotatable bonds is 52. The summed E-state index contributed by atoms with van der Waals surface area (Å²) in [5.74, 6) is -3.10. The summed E-state index contributed by atoms with van der Waals surface area (Å²) in [7, 11) is 0. The average molecular weight is 1040 g/mol. The quantitative estimate of drug-likeness (QED) is 0.0228. The molecule has 0 radical (unpaired) electrons. The number of carboxylic acids is 1. The van der Waals surface area contributed by atoms with E-state index in [1.54, 1.807) is 0 Å². The molecule has 6 atom stereocenters. The molecule has 1 rings (SSSR count). The first-order valence-electron chi connectivity index (χ1n) is 30.3. The molecule has 3 N–H and O–H groups in total. The third kappa shape index (κ3) is 40.2. The molecule has 1 aliphatic rings. The Balaban J connectivity index is 2.66. The average Bonchev–Trinajstić information content (AvgIpc) is 3.37. The first-order valence-corrected chi connectivity index (χ1v) is 30.3. The van der Waals surface area contributed by atoms with Crippen molar-refractivity contribution in [2.24, 2.45) is 0 Å². The van der Waals surface area contributed by atoms with Gasteiger partial charge < -0.3 is 39.0 Å². The highest BCUT2D eigenvalue weighted by molar-refractivity contribution is 5.74.